The van der Waals surface area contributed by atoms with Crippen LogP contribution in [0.1, 0.15) is 83.1 Å². The van der Waals surface area contributed by atoms with Crippen molar-refractivity contribution in [1.29, 1.82) is 0 Å². The average molecular weight is 454 g/mol. The molecule has 2 saturated heterocycles. The van der Waals surface area contributed by atoms with Crippen LogP contribution >= 0.6 is 0 Å². The van der Waals surface area contributed by atoms with E-state index in [2.05, 4.69) is 45.4 Å². The largest absolute Gasteiger partial charge is 0.313 e. The van der Waals surface area contributed by atoms with Crippen LogP contribution in [-0.2, 0) is 11.3 Å². The number of carbonyl (C=O) groups excluding carboxylic acids is 1. The molecule has 4 heteroatoms. The number of nitrogens with zero attached hydrogens (tertiary/aromatic N) is 2. The summed E-state index contributed by atoms with van der Waals surface area (Å²) in [7, 11) is 0. The zero-order valence-electron chi connectivity index (χ0n) is 21.1. The Morgan fingerprint density at radius 2 is 1.76 bits per heavy atom. The van der Waals surface area contributed by atoms with Gasteiger partial charge < -0.3 is 10.2 Å². The summed E-state index contributed by atoms with van der Waals surface area (Å²) in [5.74, 6) is 0.579. The summed E-state index contributed by atoms with van der Waals surface area (Å²) in [5, 5.41) is 3.81. The zero-order valence-corrected chi connectivity index (χ0v) is 21.1. The molecule has 3 fully saturated rings. The fourth-order valence-electron chi connectivity index (χ4n) is 6.51. The normalized spacial score (nSPS) is 27.7. The molecule has 1 N–H and O–H groups in total. The van der Waals surface area contributed by atoms with Gasteiger partial charge in [0.25, 0.3) is 0 Å². The molecule has 4 nitrogen and oxygen atoms in total. The summed E-state index contributed by atoms with van der Waals surface area (Å²) < 4.78 is 0. The van der Waals surface area contributed by atoms with E-state index in [0.29, 0.717) is 17.2 Å². The number of rotatable bonds is 11. The van der Waals surface area contributed by atoms with Crippen molar-refractivity contribution in [3.63, 3.8) is 0 Å². The molecule has 1 aromatic rings. The lowest BCUT2D eigenvalue weighted by molar-refractivity contribution is -0.120. The van der Waals surface area contributed by atoms with E-state index in [9.17, 15) is 4.79 Å². The first-order chi connectivity index (χ1) is 16.1. The fraction of sp³-hybridized carbons (Fsp3) is 0.759. The van der Waals surface area contributed by atoms with Crippen LogP contribution < -0.4 is 5.32 Å². The van der Waals surface area contributed by atoms with Crippen LogP contribution in [0.4, 0.5) is 0 Å². The summed E-state index contributed by atoms with van der Waals surface area (Å²) >= 11 is 0. The maximum Gasteiger partial charge on any atom is 0.134 e. The van der Waals surface area contributed by atoms with E-state index in [-0.39, 0.29) is 5.92 Å². The SMILES string of the molecule is CC(=O)C(CCCCN1CCCCC1)CNC1CCC2(CC1)CCN(Cc1ccccc1)C2. The van der Waals surface area contributed by atoms with Gasteiger partial charge in [0.05, 0.1) is 0 Å². The van der Waals surface area contributed by atoms with Gasteiger partial charge in [0.1, 0.15) is 5.78 Å². The third kappa shape index (κ3) is 7.63. The van der Waals surface area contributed by atoms with Gasteiger partial charge in [-0.1, -0.05) is 43.2 Å². The second-order valence-corrected chi connectivity index (χ2v) is 11.3. The van der Waals surface area contributed by atoms with Crippen molar-refractivity contribution in [1.82, 2.24) is 15.1 Å². The van der Waals surface area contributed by atoms with Crippen LogP contribution in [0.2, 0.25) is 0 Å². The average Bonchev–Trinajstić information content (AvgIpc) is 3.22. The first-order valence-corrected chi connectivity index (χ1v) is 13.8. The molecule has 33 heavy (non-hydrogen) atoms. The number of hydrogen-bond acceptors (Lipinski definition) is 4. The summed E-state index contributed by atoms with van der Waals surface area (Å²) in [4.78, 5) is 17.5. The number of nitrogens with one attached hydrogen (secondary N) is 1. The predicted octanol–water partition coefficient (Wildman–Crippen LogP) is 5.27. The highest BCUT2D eigenvalue weighted by Gasteiger charge is 2.40. The van der Waals surface area contributed by atoms with Crippen molar-refractivity contribution in [3.8, 4) is 0 Å². The lowest BCUT2D eigenvalue weighted by Gasteiger charge is -2.38. The second kappa shape index (κ2) is 12.5. The molecule has 0 aromatic heterocycles. The molecule has 2 heterocycles. The van der Waals surface area contributed by atoms with Crippen LogP contribution in [-0.4, -0.2) is 60.9 Å². The molecular weight excluding hydrogens is 406 g/mol. The molecule has 3 aliphatic rings. The second-order valence-electron chi connectivity index (χ2n) is 11.3. The topological polar surface area (TPSA) is 35.6 Å². The molecule has 1 aromatic carbocycles. The number of hydrogen-bond donors (Lipinski definition) is 1. The Kier molecular flexibility index (Phi) is 9.40. The van der Waals surface area contributed by atoms with Crippen molar-refractivity contribution in [2.75, 3.05) is 39.3 Å². The Labute approximate surface area is 202 Å². The first-order valence-electron chi connectivity index (χ1n) is 13.8. The van der Waals surface area contributed by atoms with Gasteiger partial charge in [-0.15, -0.1) is 0 Å². The molecule has 0 amide bonds. The molecule has 4 rings (SSSR count). The lowest BCUT2D eigenvalue weighted by Crippen LogP contribution is -2.41. The highest BCUT2D eigenvalue weighted by molar-refractivity contribution is 5.78. The van der Waals surface area contributed by atoms with Crippen LogP contribution in [0.25, 0.3) is 0 Å². The van der Waals surface area contributed by atoms with Crippen molar-refractivity contribution in [2.24, 2.45) is 11.3 Å². The highest BCUT2D eigenvalue weighted by Crippen LogP contribution is 2.44. The third-order valence-electron chi connectivity index (χ3n) is 8.77. The molecule has 0 bridgehead atoms. The summed E-state index contributed by atoms with van der Waals surface area (Å²) in [6.45, 7) is 10.1. The van der Waals surface area contributed by atoms with Gasteiger partial charge in [-0.2, -0.15) is 0 Å². The van der Waals surface area contributed by atoms with Gasteiger partial charge in [-0.05, 0) is 102 Å². The van der Waals surface area contributed by atoms with E-state index in [4.69, 9.17) is 0 Å². The Bertz CT molecular complexity index is 707. The number of unbranched alkanes of at least 4 members (excludes halogenated alkanes) is 1. The van der Waals surface area contributed by atoms with Crippen molar-refractivity contribution in [2.45, 2.75) is 90.1 Å². The van der Waals surface area contributed by atoms with Crippen molar-refractivity contribution < 1.29 is 4.79 Å². The number of likely N-dealkylation sites (tertiary alicyclic amines) is 2. The Balaban J connectivity index is 1.13. The van der Waals surface area contributed by atoms with E-state index in [1.54, 1.807) is 6.92 Å². The van der Waals surface area contributed by atoms with Crippen LogP contribution in [0.5, 0.6) is 0 Å². The minimum Gasteiger partial charge on any atom is -0.313 e. The molecule has 1 unspecified atom stereocenters. The molecule has 1 aliphatic carbocycles. The van der Waals surface area contributed by atoms with E-state index in [1.165, 1.54) is 102 Å². The third-order valence-corrected chi connectivity index (χ3v) is 8.77. The van der Waals surface area contributed by atoms with E-state index < -0.39 is 0 Å². The minimum atomic E-state index is 0.204. The highest BCUT2D eigenvalue weighted by atomic mass is 16.1. The number of ketones is 1. The molecule has 184 valence electrons. The van der Waals surface area contributed by atoms with Gasteiger partial charge >= 0.3 is 0 Å². The van der Waals surface area contributed by atoms with Crippen LogP contribution in [0.3, 0.4) is 0 Å². The maximum absolute atomic E-state index is 12.2. The molecule has 1 saturated carbocycles. The van der Waals surface area contributed by atoms with Gasteiger partial charge in [0, 0.05) is 31.6 Å². The standard InChI is InChI=1S/C29H47N3O/c1-25(33)27(12-6-9-20-31-18-7-3-8-19-31)22-30-28-13-15-29(16-14-28)17-21-32(24-29)23-26-10-4-2-5-11-26/h2,4-5,10-11,27-28,30H,3,6-9,12-24H2,1H3. The van der Waals surface area contributed by atoms with Crippen LogP contribution in [0.15, 0.2) is 30.3 Å². The number of Topliss-reactive ketones (excluding diaryl/α,β-unsaturated/α-hetero) is 1. The van der Waals surface area contributed by atoms with Gasteiger partial charge in [-0.3, -0.25) is 9.69 Å². The number of benzene rings is 1. The molecule has 2 aliphatic heterocycles. The predicted molar refractivity (Wildman–Crippen MR) is 137 cm³/mol. The van der Waals surface area contributed by atoms with Crippen molar-refractivity contribution >= 4 is 5.78 Å². The lowest BCUT2D eigenvalue weighted by atomic mass is 9.72. The van der Waals surface area contributed by atoms with Crippen molar-refractivity contribution in [3.05, 3.63) is 35.9 Å². The summed E-state index contributed by atoms with van der Waals surface area (Å²) in [6, 6.07) is 11.5. The smallest absolute Gasteiger partial charge is 0.134 e. The molecule has 1 atom stereocenters. The molecular formula is C29H47N3O. The summed E-state index contributed by atoms with van der Waals surface area (Å²) in [6.07, 6.45) is 14.2. The molecule has 1 spiro atoms. The minimum absolute atomic E-state index is 0.204. The van der Waals surface area contributed by atoms with Gasteiger partial charge in [-0.25, -0.2) is 0 Å². The monoisotopic (exact) mass is 453 g/mol. The fourth-order valence-corrected chi connectivity index (χ4v) is 6.51. The zero-order chi connectivity index (χ0) is 22.9. The number of carbonyl (C=O) groups is 1. The van der Waals surface area contributed by atoms with Gasteiger partial charge in [0.2, 0.25) is 0 Å². The maximum atomic E-state index is 12.2. The summed E-state index contributed by atoms with van der Waals surface area (Å²) in [5.41, 5.74) is 1.98. The van der Waals surface area contributed by atoms with E-state index >= 15 is 0 Å². The Hall–Kier alpha value is -1.23. The number of piperidine rings is 1. The van der Waals surface area contributed by atoms with E-state index in [1.807, 2.05) is 0 Å². The van der Waals surface area contributed by atoms with Crippen LogP contribution in [0, 0.1) is 11.3 Å². The molecule has 0 radical (unpaired) electrons. The first kappa shape index (κ1) is 24.9. The quantitative estimate of drug-likeness (QED) is 0.463. The van der Waals surface area contributed by atoms with E-state index in [0.717, 1.165) is 19.5 Å². The van der Waals surface area contributed by atoms with Gasteiger partial charge in [0.15, 0.2) is 0 Å². The Morgan fingerprint density at radius 1 is 1.00 bits per heavy atom. The Morgan fingerprint density at radius 3 is 2.48 bits per heavy atom.